The number of benzene rings is 1. The van der Waals surface area contributed by atoms with E-state index in [-0.39, 0.29) is 18.2 Å². The van der Waals surface area contributed by atoms with Crippen molar-refractivity contribution in [2.75, 3.05) is 19.1 Å². The first-order chi connectivity index (χ1) is 9.17. The summed E-state index contributed by atoms with van der Waals surface area (Å²) in [7, 11) is 3.36. The molecular weight excluding hydrogens is 245 g/mol. The van der Waals surface area contributed by atoms with E-state index >= 15 is 0 Å². The van der Waals surface area contributed by atoms with E-state index < -0.39 is 0 Å². The van der Waals surface area contributed by atoms with Gasteiger partial charge in [-0.05, 0) is 30.3 Å². The van der Waals surface area contributed by atoms with E-state index in [1.54, 1.807) is 31.3 Å². The number of anilines is 2. The van der Waals surface area contributed by atoms with Crippen LogP contribution in [0.25, 0.3) is 0 Å². The molecule has 0 atom stereocenters. The van der Waals surface area contributed by atoms with Crippen molar-refractivity contribution in [1.82, 2.24) is 4.98 Å². The highest BCUT2D eigenvalue weighted by Crippen LogP contribution is 2.27. The van der Waals surface area contributed by atoms with Crippen LogP contribution >= 0.6 is 0 Å². The minimum atomic E-state index is -0.386. The molecule has 1 aromatic carbocycles. The largest absolute Gasteiger partial charge is 0.497 e. The molecule has 1 heterocycles. The first-order valence-electron chi connectivity index (χ1n) is 5.88. The van der Waals surface area contributed by atoms with Crippen LogP contribution in [0.1, 0.15) is 5.56 Å². The van der Waals surface area contributed by atoms with Crippen LogP contribution in [0.3, 0.4) is 0 Å². The third kappa shape index (κ3) is 2.66. The number of nitrogens with two attached hydrogens (primary N) is 1. The predicted molar refractivity (Wildman–Crippen MR) is 73.1 cm³/mol. The first kappa shape index (κ1) is 13.3. The van der Waals surface area contributed by atoms with Crippen LogP contribution in [0.2, 0.25) is 0 Å². The summed E-state index contributed by atoms with van der Waals surface area (Å²) in [6, 6.07) is 8.90. The lowest BCUT2D eigenvalue weighted by Crippen LogP contribution is -2.15. The predicted octanol–water partition coefficient (Wildman–Crippen LogP) is 2.46. The minimum Gasteiger partial charge on any atom is -0.497 e. The summed E-state index contributed by atoms with van der Waals surface area (Å²) in [5, 5.41) is 0. The zero-order chi connectivity index (χ0) is 13.8. The lowest BCUT2D eigenvalue weighted by Gasteiger charge is -2.20. The molecule has 0 fully saturated rings. The quantitative estimate of drug-likeness (QED) is 0.918. The zero-order valence-corrected chi connectivity index (χ0v) is 10.9. The molecule has 2 aromatic rings. The van der Waals surface area contributed by atoms with Crippen LogP contribution in [0.4, 0.5) is 15.9 Å². The SMILES string of the molecule is COc1ccc(N(C)c2nccc(CN)c2F)cc1. The van der Waals surface area contributed by atoms with E-state index in [4.69, 9.17) is 10.5 Å². The molecule has 0 amide bonds. The fourth-order valence-electron chi connectivity index (χ4n) is 1.79. The lowest BCUT2D eigenvalue weighted by molar-refractivity contribution is 0.415. The Balaban J connectivity index is 2.35. The fraction of sp³-hybridized carbons (Fsp3) is 0.214. The molecule has 1 aromatic heterocycles. The second-order valence-corrected chi connectivity index (χ2v) is 4.07. The van der Waals surface area contributed by atoms with Gasteiger partial charge >= 0.3 is 0 Å². The van der Waals surface area contributed by atoms with Crippen LogP contribution in [-0.4, -0.2) is 19.1 Å². The highest BCUT2D eigenvalue weighted by molar-refractivity contribution is 5.61. The molecule has 19 heavy (non-hydrogen) atoms. The lowest BCUT2D eigenvalue weighted by atomic mass is 10.2. The Labute approximate surface area is 111 Å². The molecule has 0 saturated heterocycles. The van der Waals surface area contributed by atoms with Gasteiger partial charge in [-0.25, -0.2) is 9.37 Å². The van der Waals surface area contributed by atoms with Crippen molar-refractivity contribution in [2.24, 2.45) is 5.73 Å². The number of nitrogens with zero attached hydrogens (tertiary/aromatic N) is 2. The summed E-state index contributed by atoms with van der Waals surface area (Å²) in [6.07, 6.45) is 1.56. The molecule has 0 bridgehead atoms. The Morgan fingerprint density at radius 1 is 1.26 bits per heavy atom. The molecule has 0 unspecified atom stereocenters. The molecule has 2 rings (SSSR count). The Bertz CT molecular complexity index is 557. The van der Waals surface area contributed by atoms with E-state index in [9.17, 15) is 4.39 Å². The summed E-state index contributed by atoms with van der Waals surface area (Å²) in [5.74, 6) is 0.623. The van der Waals surface area contributed by atoms with Crippen molar-refractivity contribution in [3.05, 3.63) is 47.9 Å². The van der Waals surface area contributed by atoms with Crippen molar-refractivity contribution in [3.8, 4) is 5.75 Å². The molecular formula is C14H16FN3O. The first-order valence-corrected chi connectivity index (χ1v) is 5.88. The second kappa shape index (κ2) is 5.67. The summed E-state index contributed by atoms with van der Waals surface area (Å²) in [5.41, 5.74) is 6.76. The van der Waals surface area contributed by atoms with Crippen LogP contribution in [0.15, 0.2) is 36.5 Å². The third-order valence-corrected chi connectivity index (χ3v) is 2.95. The second-order valence-electron chi connectivity index (χ2n) is 4.07. The molecule has 100 valence electrons. The van der Waals surface area contributed by atoms with E-state index in [0.717, 1.165) is 11.4 Å². The van der Waals surface area contributed by atoms with Crippen LogP contribution in [-0.2, 0) is 6.54 Å². The van der Waals surface area contributed by atoms with Crippen molar-refractivity contribution in [3.63, 3.8) is 0 Å². The van der Waals surface area contributed by atoms with E-state index in [2.05, 4.69) is 4.98 Å². The van der Waals surface area contributed by atoms with Gasteiger partial charge in [0.05, 0.1) is 7.11 Å². The van der Waals surface area contributed by atoms with Gasteiger partial charge in [-0.1, -0.05) is 0 Å². The van der Waals surface area contributed by atoms with Crippen LogP contribution in [0.5, 0.6) is 5.75 Å². The zero-order valence-electron chi connectivity index (χ0n) is 10.9. The van der Waals surface area contributed by atoms with Gasteiger partial charge in [0.15, 0.2) is 11.6 Å². The maximum Gasteiger partial charge on any atom is 0.170 e. The van der Waals surface area contributed by atoms with Crippen molar-refractivity contribution < 1.29 is 9.13 Å². The molecule has 5 heteroatoms. The topological polar surface area (TPSA) is 51.4 Å². The molecule has 0 spiro atoms. The average molecular weight is 261 g/mol. The smallest absolute Gasteiger partial charge is 0.170 e. The van der Waals surface area contributed by atoms with E-state index in [1.165, 1.54) is 0 Å². The van der Waals surface area contributed by atoms with Crippen molar-refractivity contribution >= 4 is 11.5 Å². The molecule has 0 aliphatic rings. The standard InChI is InChI=1S/C14H16FN3O/c1-18(11-3-5-12(19-2)6-4-11)14-13(15)10(9-16)7-8-17-14/h3-8H,9,16H2,1-2H3. The van der Waals surface area contributed by atoms with Crippen molar-refractivity contribution in [1.29, 1.82) is 0 Å². The van der Waals surface area contributed by atoms with Gasteiger partial charge in [-0.15, -0.1) is 0 Å². The Hall–Kier alpha value is -2.14. The summed E-state index contributed by atoms with van der Waals surface area (Å²) in [4.78, 5) is 5.74. The monoisotopic (exact) mass is 261 g/mol. The Morgan fingerprint density at radius 3 is 2.53 bits per heavy atom. The number of ether oxygens (including phenoxy) is 1. The maximum absolute atomic E-state index is 14.1. The normalized spacial score (nSPS) is 10.3. The number of aromatic nitrogens is 1. The van der Waals surface area contributed by atoms with Gasteiger partial charge in [0.25, 0.3) is 0 Å². The van der Waals surface area contributed by atoms with Crippen LogP contribution in [0, 0.1) is 5.82 Å². The van der Waals surface area contributed by atoms with Crippen molar-refractivity contribution in [2.45, 2.75) is 6.54 Å². The highest BCUT2D eigenvalue weighted by Gasteiger charge is 2.13. The number of pyridine rings is 1. The van der Waals surface area contributed by atoms with Gasteiger partial charge in [0, 0.05) is 31.0 Å². The Morgan fingerprint density at radius 2 is 1.95 bits per heavy atom. The molecule has 2 N–H and O–H groups in total. The molecule has 0 aliphatic carbocycles. The van der Waals surface area contributed by atoms with Gasteiger partial charge in [0.1, 0.15) is 5.75 Å². The number of rotatable bonds is 4. The number of hydrogen-bond donors (Lipinski definition) is 1. The van der Waals surface area contributed by atoms with E-state index in [0.29, 0.717) is 5.56 Å². The van der Waals surface area contributed by atoms with Gasteiger partial charge < -0.3 is 15.4 Å². The highest BCUT2D eigenvalue weighted by atomic mass is 19.1. The Kier molecular flexibility index (Phi) is 3.97. The summed E-state index contributed by atoms with van der Waals surface area (Å²) in [6.45, 7) is 0.151. The number of methoxy groups -OCH3 is 1. The summed E-state index contributed by atoms with van der Waals surface area (Å²) < 4.78 is 19.2. The molecule has 0 aliphatic heterocycles. The molecule has 4 nitrogen and oxygen atoms in total. The van der Waals surface area contributed by atoms with Crippen LogP contribution < -0.4 is 15.4 Å². The number of hydrogen-bond acceptors (Lipinski definition) is 4. The maximum atomic E-state index is 14.1. The fourth-order valence-corrected chi connectivity index (χ4v) is 1.79. The number of halogens is 1. The minimum absolute atomic E-state index is 0.151. The molecule has 0 saturated carbocycles. The average Bonchev–Trinajstić information content (AvgIpc) is 2.47. The summed E-state index contributed by atoms with van der Waals surface area (Å²) >= 11 is 0. The van der Waals surface area contributed by atoms with Gasteiger partial charge in [-0.2, -0.15) is 0 Å². The molecule has 0 radical (unpaired) electrons. The van der Waals surface area contributed by atoms with Gasteiger partial charge in [0.2, 0.25) is 0 Å². The van der Waals surface area contributed by atoms with E-state index in [1.807, 2.05) is 24.3 Å². The van der Waals surface area contributed by atoms with Gasteiger partial charge in [-0.3, -0.25) is 0 Å². The third-order valence-electron chi connectivity index (χ3n) is 2.95.